The number of ether oxygens (including phenoxy) is 2. The fraction of sp³-hybridized carbons (Fsp3) is 0.143. The lowest BCUT2D eigenvalue weighted by molar-refractivity contribution is 0.391. The fourth-order valence-corrected chi connectivity index (χ4v) is 7.13. The van der Waals surface area contributed by atoms with Crippen LogP contribution in [-0.4, -0.2) is 66.1 Å². The van der Waals surface area contributed by atoms with E-state index >= 15 is 0 Å². The minimum absolute atomic E-state index is 0.415. The number of hydrogen-bond donors (Lipinski definition) is 4. The van der Waals surface area contributed by atoms with Crippen molar-refractivity contribution in [3.05, 3.63) is 22.2 Å². The molecule has 14 nitrogen and oxygen atoms in total. The van der Waals surface area contributed by atoms with Crippen molar-refractivity contribution in [2.24, 2.45) is 0 Å². The van der Waals surface area contributed by atoms with E-state index in [0.29, 0.717) is 12.1 Å². The van der Waals surface area contributed by atoms with E-state index in [1.807, 2.05) is 0 Å². The number of benzene rings is 2. The normalized spacial score (nSPS) is 13.1. The average Bonchev–Trinajstić information content (AvgIpc) is 2.62. The van der Waals surface area contributed by atoms with Crippen LogP contribution < -0.4 is 9.47 Å². The highest BCUT2D eigenvalue weighted by Crippen LogP contribution is 2.50. The van der Waals surface area contributed by atoms with E-state index in [9.17, 15) is 51.9 Å². The van der Waals surface area contributed by atoms with Crippen molar-refractivity contribution in [1.82, 2.24) is 0 Å². The molecule has 0 radical (unpaired) electrons. The highest BCUT2D eigenvalue weighted by molar-refractivity contribution is 7.87. The minimum Gasteiger partial charge on any atom is -0.495 e. The topological polar surface area (TPSA) is 236 Å². The van der Waals surface area contributed by atoms with Gasteiger partial charge in [-0.05, 0) is 12.1 Å². The van der Waals surface area contributed by atoms with Gasteiger partial charge in [-0.1, -0.05) is 23.2 Å². The van der Waals surface area contributed by atoms with Crippen LogP contribution in [0.3, 0.4) is 0 Å². The number of halogens is 2. The molecule has 0 saturated heterocycles. The van der Waals surface area contributed by atoms with Gasteiger partial charge in [0.2, 0.25) is 0 Å². The van der Waals surface area contributed by atoms with Gasteiger partial charge in [0.15, 0.2) is 9.79 Å². The van der Waals surface area contributed by atoms with Crippen molar-refractivity contribution < 1.29 is 61.4 Å². The van der Waals surface area contributed by atoms with Crippen LogP contribution >= 0.6 is 23.2 Å². The van der Waals surface area contributed by atoms with E-state index in [0.717, 1.165) is 14.2 Å². The zero-order valence-electron chi connectivity index (χ0n) is 16.4. The van der Waals surface area contributed by atoms with Crippen LogP contribution in [0.4, 0.5) is 0 Å². The third kappa shape index (κ3) is 5.25. The largest absolute Gasteiger partial charge is 0.495 e. The van der Waals surface area contributed by atoms with Crippen molar-refractivity contribution in [2.45, 2.75) is 19.6 Å². The van der Waals surface area contributed by atoms with Gasteiger partial charge >= 0.3 is 0 Å². The zero-order chi connectivity index (χ0) is 26.6. The molecule has 4 N–H and O–H groups in total. The van der Waals surface area contributed by atoms with Crippen LogP contribution in [0.1, 0.15) is 0 Å². The predicted octanol–water partition coefficient (Wildman–Crippen LogP) is 1.66. The summed E-state index contributed by atoms with van der Waals surface area (Å²) in [6.07, 6.45) is 0. The Morgan fingerprint density at radius 3 is 1.03 bits per heavy atom. The van der Waals surface area contributed by atoms with Crippen molar-refractivity contribution in [2.75, 3.05) is 14.2 Å². The molecule has 0 amide bonds. The molecule has 34 heavy (non-hydrogen) atoms. The molecular formula is C14H12Cl2O14S4. The van der Waals surface area contributed by atoms with Gasteiger partial charge in [-0.25, -0.2) is 0 Å². The molecule has 190 valence electrons. The van der Waals surface area contributed by atoms with Gasteiger partial charge in [0.1, 0.15) is 21.3 Å². The van der Waals surface area contributed by atoms with Crippen LogP contribution in [0.15, 0.2) is 31.7 Å². The van der Waals surface area contributed by atoms with Gasteiger partial charge in [0.25, 0.3) is 40.5 Å². The fourth-order valence-electron chi connectivity index (χ4n) is 2.83. The van der Waals surface area contributed by atoms with Crippen LogP contribution in [0.25, 0.3) is 11.1 Å². The average molecular weight is 603 g/mol. The monoisotopic (exact) mass is 602 g/mol. The molecule has 0 saturated carbocycles. The van der Waals surface area contributed by atoms with Crippen LogP contribution in [0, 0.1) is 0 Å². The summed E-state index contributed by atoms with van der Waals surface area (Å²) in [4.78, 5) is -5.56. The molecule has 0 aliphatic carbocycles. The molecule has 0 bridgehead atoms. The quantitative estimate of drug-likeness (QED) is 0.330. The maximum Gasteiger partial charge on any atom is 0.299 e. The Balaban J connectivity index is 3.42. The van der Waals surface area contributed by atoms with Crippen molar-refractivity contribution in [1.29, 1.82) is 0 Å². The van der Waals surface area contributed by atoms with E-state index in [1.54, 1.807) is 0 Å². The smallest absolute Gasteiger partial charge is 0.299 e. The standard InChI is InChI=1S/C14H12Cl2O14S4/c1-29-11-5(3-7(31(17,18)19)9(15)13(11)33(23,24)25)6-4-8(32(20,21)22)10(16)14(12(6)30-2)34(26,27)28/h3-4H,1-2H3,(H,17,18,19)(H,20,21,22)(H,23,24,25)(H,26,27,28). The summed E-state index contributed by atoms with van der Waals surface area (Å²) in [6, 6.07) is 0.830. The molecule has 0 atom stereocenters. The Morgan fingerprint density at radius 1 is 0.588 bits per heavy atom. The summed E-state index contributed by atoms with van der Waals surface area (Å²) in [5.74, 6) is -1.97. The predicted molar refractivity (Wildman–Crippen MR) is 114 cm³/mol. The van der Waals surface area contributed by atoms with Crippen LogP contribution in [0.2, 0.25) is 10.0 Å². The number of rotatable bonds is 7. The van der Waals surface area contributed by atoms with Crippen molar-refractivity contribution in [3.63, 3.8) is 0 Å². The molecule has 0 fully saturated rings. The molecule has 2 aromatic rings. The van der Waals surface area contributed by atoms with E-state index in [4.69, 9.17) is 32.7 Å². The second-order valence-electron chi connectivity index (χ2n) is 6.10. The first-order valence-corrected chi connectivity index (χ1v) is 14.4. The molecule has 0 heterocycles. The second-order valence-corrected chi connectivity index (χ2v) is 12.4. The summed E-state index contributed by atoms with van der Waals surface area (Å²) in [5.41, 5.74) is -1.70. The Hall–Kier alpha value is -1.74. The van der Waals surface area contributed by atoms with Gasteiger partial charge in [0, 0.05) is 11.1 Å². The summed E-state index contributed by atoms with van der Waals surface area (Å²) in [7, 11) is -19.9. The third-order valence-electron chi connectivity index (χ3n) is 4.05. The van der Waals surface area contributed by atoms with Gasteiger partial charge in [0.05, 0.1) is 24.3 Å². The van der Waals surface area contributed by atoms with E-state index in [1.165, 1.54) is 0 Å². The highest BCUT2D eigenvalue weighted by atomic mass is 35.5. The molecule has 0 spiro atoms. The van der Waals surface area contributed by atoms with Gasteiger partial charge < -0.3 is 9.47 Å². The maximum absolute atomic E-state index is 11.9. The van der Waals surface area contributed by atoms with Gasteiger partial charge in [-0.15, -0.1) is 0 Å². The minimum atomic E-state index is -5.43. The van der Waals surface area contributed by atoms with Crippen molar-refractivity contribution in [3.8, 4) is 22.6 Å². The van der Waals surface area contributed by atoms with Gasteiger partial charge in [-0.2, -0.15) is 33.7 Å². The SMILES string of the molecule is COc1c(-c2cc(S(=O)(=O)O)c(Cl)c(S(=O)(=O)O)c2OC)cc(S(=O)(=O)O)c(Cl)c1S(=O)(=O)O. The summed E-state index contributed by atoms with van der Waals surface area (Å²) in [5, 5.41) is -2.49. The molecular weight excluding hydrogens is 591 g/mol. The molecule has 2 aromatic carbocycles. The Bertz CT molecular complexity index is 1500. The molecule has 2 rings (SSSR count). The second kappa shape index (κ2) is 9.04. The lowest BCUT2D eigenvalue weighted by Crippen LogP contribution is -2.11. The Labute approximate surface area is 203 Å². The Kier molecular flexibility index (Phi) is 7.58. The number of methoxy groups -OCH3 is 2. The van der Waals surface area contributed by atoms with Gasteiger partial charge in [-0.3, -0.25) is 18.2 Å². The van der Waals surface area contributed by atoms with E-state index < -0.39 is 92.7 Å². The van der Waals surface area contributed by atoms with Crippen LogP contribution in [0.5, 0.6) is 11.5 Å². The van der Waals surface area contributed by atoms with E-state index in [-0.39, 0.29) is 0 Å². The first-order valence-electron chi connectivity index (χ1n) is 7.89. The molecule has 0 aliphatic heterocycles. The first kappa shape index (κ1) is 28.5. The Morgan fingerprint density at radius 2 is 0.853 bits per heavy atom. The summed E-state index contributed by atoms with van der Waals surface area (Å²) >= 11 is 11.5. The number of hydrogen-bond acceptors (Lipinski definition) is 10. The third-order valence-corrected chi connectivity index (χ3v) is 8.85. The molecule has 0 unspecified atom stereocenters. The summed E-state index contributed by atoms with van der Waals surface area (Å²) in [6.45, 7) is 0. The van der Waals surface area contributed by atoms with Crippen molar-refractivity contribution >= 4 is 63.7 Å². The molecule has 0 aliphatic rings. The summed E-state index contributed by atoms with van der Waals surface area (Å²) < 4.78 is 143. The molecule has 20 heteroatoms. The first-order chi connectivity index (χ1) is 15.2. The zero-order valence-corrected chi connectivity index (χ0v) is 21.2. The van der Waals surface area contributed by atoms with E-state index in [2.05, 4.69) is 0 Å². The maximum atomic E-state index is 11.9. The highest BCUT2D eigenvalue weighted by Gasteiger charge is 2.36. The van der Waals surface area contributed by atoms with Crippen LogP contribution in [-0.2, 0) is 40.5 Å². The lowest BCUT2D eigenvalue weighted by atomic mass is 10.0. The lowest BCUT2D eigenvalue weighted by Gasteiger charge is -2.20. The molecule has 0 aromatic heterocycles.